The molecule has 0 saturated heterocycles. The Hall–Kier alpha value is -1.24. The van der Waals surface area contributed by atoms with Gasteiger partial charge < -0.3 is 10.1 Å². The molecule has 0 bridgehead atoms. The first-order chi connectivity index (χ1) is 6.91. The molecule has 15 heavy (non-hydrogen) atoms. The first-order valence-electron chi connectivity index (χ1n) is 3.83. The van der Waals surface area contributed by atoms with Gasteiger partial charge in [0, 0.05) is 11.8 Å². The van der Waals surface area contributed by atoms with Crippen molar-refractivity contribution in [3.8, 4) is 0 Å². The summed E-state index contributed by atoms with van der Waals surface area (Å²) in [6.45, 7) is 0. The van der Waals surface area contributed by atoms with Crippen LogP contribution in [0, 0.1) is 0 Å². The summed E-state index contributed by atoms with van der Waals surface area (Å²) in [6.07, 6.45) is -3.32. The van der Waals surface area contributed by atoms with Gasteiger partial charge in [-0.25, -0.2) is 8.78 Å². The zero-order chi connectivity index (χ0) is 11.6. The minimum atomic E-state index is -2.90. The number of halogens is 3. The van der Waals surface area contributed by atoms with Gasteiger partial charge in [0.25, 0.3) is 6.43 Å². The Balaban J connectivity index is 3.20. The van der Waals surface area contributed by atoms with E-state index in [-0.39, 0.29) is 10.3 Å². The Bertz CT molecular complexity index is 444. The number of hydrogen-bond acceptors (Lipinski definition) is 2. The number of nitrogens with one attached hydrogen (secondary N) is 1. The molecule has 2 N–H and O–H groups in total. The first kappa shape index (κ1) is 11.8. The highest BCUT2D eigenvalue weighted by Crippen LogP contribution is 2.22. The van der Waals surface area contributed by atoms with Gasteiger partial charge in [0.1, 0.15) is 0 Å². The lowest BCUT2D eigenvalue weighted by molar-refractivity contribution is -0.136. The summed E-state index contributed by atoms with van der Waals surface area (Å²) < 4.78 is 24.5. The Labute approximate surface area is 91.1 Å². The van der Waals surface area contributed by atoms with Gasteiger partial charge in [0.05, 0.1) is 16.6 Å². The number of pyridine rings is 1. The van der Waals surface area contributed by atoms with E-state index in [4.69, 9.17) is 5.11 Å². The molecule has 1 heterocycles. The van der Waals surface area contributed by atoms with Crippen LogP contribution in [0.1, 0.15) is 17.7 Å². The molecular formula is C8H6BrF2NO3. The fraction of sp³-hybridized carbons (Fsp3) is 0.250. The highest BCUT2D eigenvalue weighted by Gasteiger charge is 2.17. The molecule has 1 aromatic heterocycles. The quantitative estimate of drug-likeness (QED) is 0.829. The summed E-state index contributed by atoms with van der Waals surface area (Å²) in [5.74, 6) is -1.15. The Morgan fingerprint density at radius 1 is 1.60 bits per heavy atom. The Morgan fingerprint density at radius 3 is 2.60 bits per heavy atom. The lowest BCUT2D eigenvalue weighted by atomic mass is 10.2. The normalized spacial score (nSPS) is 10.7. The topological polar surface area (TPSA) is 70.2 Å². The molecule has 1 aromatic rings. The van der Waals surface area contributed by atoms with Gasteiger partial charge in [0.15, 0.2) is 5.43 Å². The first-order valence-corrected chi connectivity index (χ1v) is 4.62. The van der Waals surface area contributed by atoms with Crippen molar-refractivity contribution < 1.29 is 18.7 Å². The minimum Gasteiger partial charge on any atom is -0.481 e. The van der Waals surface area contributed by atoms with E-state index >= 15 is 0 Å². The van der Waals surface area contributed by atoms with Crippen LogP contribution in [-0.2, 0) is 11.2 Å². The van der Waals surface area contributed by atoms with Crippen molar-refractivity contribution in [2.45, 2.75) is 12.8 Å². The number of carboxylic acids is 1. The van der Waals surface area contributed by atoms with Gasteiger partial charge in [-0.05, 0) is 15.9 Å². The van der Waals surface area contributed by atoms with E-state index in [9.17, 15) is 18.4 Å². The molecule has 0 saturated carbocycles. The summed E-state index contributed by atoms with van der Waals surface area (Å²) in [6, 6.07) is 0.861. The monoisotopic (exact) mass is 281 g/mol. The van der Waals surface area contributed by atoms with Crippen LogP contribution in [-0.4, -0.2) is 16.1 Å². The maximum absolute atomic E-state index is 12.3. The van der Waals surface area contributed by atoms with Gasteiger partial charge in [-0.1, -0.05) is 0 Å². The molecule has 0 radical (unpaired) electrons. The average molecular weight is 282 g/mol. The molecule has 7 heteroatoms. The van der Waals surface area contributed by atoms with E-state index in [0.717, 1.165) is 6.07 Å². The summed E-state index contributed by atoms with van der Waals surface area (Å²) in [7, 11) is 0. The molecule has 0 spiro atoms. The molecule has 0 aromatic carbocycles. The smallest absolute Gasteiger partial charge is 0.309 e. The number of carboxylic acid groups (broad SMARTS) is 1. The van der Waals surface area contributed by atoms with Gasteiger partial charge in [-0.2, -0.15) is 0 Å². The molecular weight excluding hydrogens is 276 g/mol. The van der Waals surface area contributed by atoms with E-state index in [0.29, 0.717) is 0 Å². The Morgan fingerprint density at radius 2 is 2.20 bits per heavy atom. The summed E-state index contributed by atoms with van der Waals surface area (Å²) >= 11 is 2.76. The maximum Gasteiger partial charge on any atom is 0.309 e. The van der Waals surface area contributed by atoms with Crippen LogP contribution in [0.25, 0.3) is 0 Å². The standard InChI is InChI=1S/C8H6BrF2NO3/c9-7-6(8(10)11)4(13)1-3(12-7)2-5(14)15/h1,8H,2H2,(H,12,13)(H,14,15). The highest BCUT2D eigenvalue weighted by atomic mass is 79.9. The van der Waals surface area contributed by atoms with Crippen LogP contribution < -0.4 is 5.43 Å². The van der Waals surface area contributed by atoms with E-state index < -0.39 is 29.8 Å². The van der Waals surface area contributed by atoms with Gasteiger partial charge >= 0.3 is 5.97 Å². The number of aliphatic carboxylic acids is 1. The molecule has 0 atom stereocenters. The SMILES string of the molecule is O=C(O)Cc1cc(=O)c(C(F)F)c(Br)[nH]1. The highest BCUT2D eigenvalue weighted by molar-refractivity contribution is 9.10. The number of rotatable bonds is 3. The van der Waals surface area contributed by atoms with Crippen LogP contribution >= 0.6 is 15.9 Å². The van der Waals surface area contributed by atoms with Crippen LogP contribution in [0.5, 0.6) is 0 Å². The number of alkyl halides is 2. The lowest BCUT2D eigenvalue weighted by Gasteiger charge is -2.04. The largest absolute Gasteiger partial charge is 0.481 e. The fourth-order valence-corrected chi connectivity index (χ4v) is 1.67. The molecule has 82 valence electrons. The van der Waals surface area contributed by atoms with Crippen molar-refractivity contribution in [2.75, 3.05) is 0 Å². The van der Waals surface area contributed by atoms with Crippen LogP contribution in [0.4, 0.5) is 8.78 Å². The van der Waals surface area contributed by atoms with Crippen LogP contribution in [0.15, 0.2) is 15.5 Å². The summed E-state index contributed by atoms with van der Waals surface area (Å²) in [5.41, 5.74) is -1.50. The fourth-order valence-electron chi connectivity index (χ4n) is 1.05. The van der Waals surface area contributed by atoms with Crippen molar-refractivity contribution in [1.82, 2.24) is 4.98 Å². The predicted molar refractivity (Wildman–Crippen MR) is 51.1 cm³/mol. The molecule has 1 rings (SSSR count). The summed E-state index contributed by atoms with van der Waals surface area (Å²) in [4.78, 5) is 23.9. The van der Waals surface area contributed by atoms with Crippen molar-refractivity contribution in [1.29, 1.82) is 0 Å². The second kappa shape index (κ2) is 4.52. The molecule has 0 aliphatic carbocycles. The molecule has 0 amide bonds. The van der Waals surface area contributed by atoms with Crippen LogP contribution in [0.2, 0.25) is 0 Å². The van der Waals surface area contributed by atoms with E-state index in [1.54, 1.807) is 0 Å². The molecule has 0 fully saturated rings. The lowest BCUT2D eigenvalue weighted by Crippen LogP contribution is -2.14. The van der Waals surface area contributed by atoms with Crippen LogP contribution in [0.3, 0.4) is 0 Å². The van der Waals surface area contributed by atoms with E-state index in [1.807, 2.05) is 0 Å². The third-order valence-electron chi connectivity index (χ3n) is 1.64. The third kappa shape index (κ3) is 2.85. The number of aromatic amines is 1. The second-order valence-corrected chi connectivity index (χ2v) is 3.55. The minimum absolute atomic E-state index is 0.0729. The van der Waals surface area contributed by atoms with Crippen molar-refractivity contribution in [2.24, 2.45) is 0 Å². The number of carbonyl (C=O) groups is 1. The van der Waals surface area contributed by atoms with Gasteiger partial charge in [0.2, 0.25) is 0 Å². The van der Waals surface area contributed by atoms with E-state index in [1.165, 1.54) is 0 Å². The predicted octanol–water partition coefficient (Wildman–Crippen LogP) is 1.70. The number of hydrogen-bond donors (Lipinski definition) is 2. The van der Waals surface area contributed by atoms with Crippen molar-refractivity contribution in [3.05, 3.63) is 32.2 Å². The maximum atomic E-state index is 12.3. The third-order valence-corrected chi connectivity index (χ3v) is 2.26. The average Bonchev–Trinajstić information content (AvgIpc) is 1.99. The molecule has 4 nitrogen and oxygen atoms in total. The zero-order valence-corrected chi connectivity index (χ0v) is 8.85. The van der Waals surface area contributed by atoms with Gasteiger partial charge in [-0.15, -0.1) is 0 Å². The number of aromatic nitrogens is 1. The van der Waals surface area contributed by atoms with Crippen molar-refractivity contribution in [3.63, 3.8) is 0 Å². The Kier molecular flexibility index (Phi) is 3.57. The van der Waals surface area contributed by atoms with E-state index in [2.05, 4.69) is 20.9 Å². The number of H-pyrrole nitrogens is 1. The molecule has 0 aliphatic heterocycles. The molecule has 0 unspecified atom stereocenters. The van der Waals surface area contributed by atoms with Crippen molar-refractivity contribution >= 4 is 21.9 Å². The molecule has 0 aliphatic rings. The van der Waals surface area contributed by atoms with Gasteiger partial charge in [-0.3, -0.25) is 9.59 Å². The zero-order valence-electron chi connectivity index (χ0n) is 7.26. The summed E-state index contributed by atoms with van der Waals surface area (Å²) in [5, 5.41) is 8.44. The second-order valence-electron chi connectivity index (χ2n) is 2.76.